The van der Waals surface area contributed by atoms with Gasteiger partial charge in [-0.25, -0.2) is 0 Å². The molecule has 2 aromatic rings. The number of benzene rings is 2. The molecule has 6 atom stereocenters. The van der Waals surface area contributed by atoms with Crippen LogP contribution in [-0.2, 0) is 18.6 Å². The largest absolute Gasteiger partial charge is 0.407 e. The zero-order chi connectivity index (χ0) is 26.3. The Balaban J connectivity index is 1.32. The van der Waals surface area contributed by atoms with Crippen molar-refractivity contribution in [2.45, 2.75) is 101 Å². The van der Waals surface area contributed by atoms with Gasteiger partial charge in [-0.15, -0.1) is 0 Å². The molecule has 3 aliphatic rings. The molecule has 2 aromatic carbocycles. The Labute approximate surface area is 238 Å². The first-order valence-electron chi connectivity index (χ1n) is 14.0. The lowest BCUT2D eigenvalue weighted by Crippen LogP contribution is -2.67. The van der Waals surface area contributed by atoms with Gasteiger partial charge in [0.15, 0.2) is 5.79 Å². The Morgan fingerprint density at radius 2 is 1.57 bits per heavy atom. The Bertz CT molecular complexity index is 1000. The van der Waals surface area contributed by atoms with Crippen LogP contribution in [0.3, 0.4) is 0 Å². The Morgan fingerprint density at radius 1 is 0.946 bits per heavy atom. The highest BCUT2D eigenvalue weighted by atomic mass is 127. The maximum absolute atomic E-state index is 7.24. The van der Waals surface area contributed by atoms with Gasteiger partial charge in [0.05, 0.1) is 12.2 Å². The van der Waals surface area contributed by atoms with Crippen LogP contribution in [0.5, 0.6) is 0 Å². The van der Waals surface area contributed by atoms with E-state index in [1.807, 2.05) is 0 Å². The Hall–Kier alpha value is -0.773. The first kappa shape index (κ1) is 27.8. The van der Waals surface area contributed by atoms with Crippen molar-refractivity contribution in [3.63, 3.8) is 0 Å². The lowest BCUT2D eigenvalue weighted by molar-refractivity contribution is -0.280. The van der Waals surface area contributed by atoms with Gasteiger partial charge in [0, 0.05) is 29.8 Å². The molecule has 0 amide bonds. The molecular formula is C31H43IO4Si. The van der Waals surface area contributed by atoms with E-state index < -0.39 is 14.1 Å². The summed E-state index contributed by atoms with van der Waals surface area (Å²) in [6.45, 7) is 12.2. The minimum atomic E-state index is -2.56. The summed E-state index contributed by atoms with van der Waals surface area (Å²) >= 11 is 2.42. The third kappa shape index (κ3) is 5.35. The Morgan fingerprint density at radius 3 is 2.11 bits per heavy atom. The quantitative estimate of drug-likeness (QED) is 0.149. The summed E-state index contributed by atoms with van der Waals surface area (Å²) in [4.78, 5) is 0. The van der Waals surface area contributed by atoms with Crippen molar-refractivity contribution < 1.29 is 18.6 Å². The van der Waals surface area contributed by atoms with Crippen molar-refractivity contribution in [2.75, 3.05) is 11.0 Å². The molecule has 0 bridgehead atoms. The fourth-order valence-corrected chi connectivity index (χ4v) is 11.8. The van der Waals surface area contributed by atoms with Crippen LogP contribution in [0.4, 0.5) is 0 Å². The molecule has 0 N–H and O–H groups in total. The van der Waals surface area contributed by atoms with E-state index in [4.69, 9.17) is 18.6 Å². The zero-order valence-corrected chi connectivity index (χ0v) is 26.2. The second-order valence-corrected chi connectivity index (χ2v) is 17.7. The maximum Gasteiger partial charge on any atom is 0.261 e. The monoisotopic (exact) mass is 634 g/mol. The summed E-state index contributed by atoms with van der Waals surface area (Å²) in [5.74, 6) is -0.171. The smallest absolute Gasteiger partial charge is 0.261 e. The lowest BCUT2D eigenvalue weighted by atomic mass is 9.92. The molecule has 0 aliphatic carbocycles. The fraction of sp³-hybridized carbons (Fsp3) is 0.613. The SMILES string of the molecule is C[C@@H](CO[Si](c1ccccc1)(c1ccccc1)C(C)(C)C)[C@@H]1CCC[C@]2(CC[C@@H]([C@@H]3O[C@]3(C)CI)O2)O1. The third-order valence-electron chi connectivity index (χ3n) is 8.75. The molecular weight excluding hydrogens is 591 g/mol. The van der Waals surface area contributed by atoms with Crippen LogP contribution in [0, 0.1) is 5.92 Å². The molecule has 0 saturated carbocycles. The minimum Gasteiger partial charge on any atom is -0.407 e. The van der Waals surface area contributed by atoms with E-state index in [0.717, 1.165) is 36.5 Å². The molecule has 0 unspecified atom stereocenters. The van der Waals surface area contributed by atoms with Gasteiger partial charge in [-0.1, -0.05) is 111 Å². The highest BCUT2D eigenvalue weighted by Crippen LogP contribution is 2.50. The van der Waals surface area contributed by atoms with Crippen molar-refractivity contribution in [2.24, 2.45) is 5.92 Å². The first-order chi connectivity index (χ1) is 17.6. The van der Waals surface area contributed by atoms with E-state index in [1.54, 1.807) is 0 Å². The highest BCUT2D eigenvalue weighted by Gasteiger charge is 2.60. The highest BCUT2D eigenvalue weighted by molar-refractivity contribution is 14.1. The molecule has 3 fully saturated rings. The van der Waals surface area contributed by atoms with Crippen molar-refractivity contribution in [3.05, 3.63) is 60.7 Å². The van der Waals surface area contributed by atoms with Gasteiger partial charge in [0.2, 0.25) is 0 Å². The maximum atomic E-state index is 7.24. The number of halogens is 1. The zero-order valence-electron chi connectivity index (χ0n) is 23.0. The van der Waals surface area contributed by atoms with E-state index in [2.05, 4.69) is 118 Å². The summed E-state index contributed by atoms with van der Waals surface area (Å²) in [5, 5.41) is 2.62. The van der Waals surface area contributed by atoms with Gasteiger partial charge >= 0.3 is 0 Å². The number of epoxide rings is 1. The molecule has 3 heterocycles. The van der Waals surface area contributed by atoms with Crippen LogP contribution in [-0.4, -0.2) is 49.1 Å². The fourth-order valence-electron chi connectivity index (χ4n) is 6.56. The molecule has 37 heavy (non-hydrogen) atoms. The molecule has 0 aromatic heterocycles. The van der Waals surface area contributed by atoms with Crippen LogP contribution in [0.25, 0.3) is 0 Å². The second-order valence-electron chi connectivity index (χ2n) is 12.6. The van der Waals surface area contributed by atoms with Crippen molar-refractivity contribution in [3.8, 4) is 0 Å². The van der Waals surface area contributed by atoms with Crippen LogP contribution >= 0.6 is 22.6 Å². The molecule has 4 nitrogen and oxygen atoms in total. The van der Waals surface area contributed by atoms with Gasteiger partial charge in [-0.05, 0) is 41.6 Å². The Kier molecular flexibility index (Phi) is 8.00. The average molecular weight is 635 g/mol. The summed E-state index contributed by atoms with van der Waals surface area (Å²) in [6.07, 6.45) is 5.68. The average Bonchev–Trinajstić information content (AvgIpc) is 3.43. The topological polar surface area (TPSA) is 40.2 Å². The molecule has 202 valence electrons. The number of hydrogen-bond donors (Lipinski definition) is 0. The van der Waals surface area contributed by atoms with Crippen LogP contribution in [0.1, 0.15) is 66.7 Å². The third-order valence-corrected chi connectivity index (χ3v) is 15.3. The summed E-state index contributed by atoms with van der Waals surface area (Å²) < 4.78 is 27.7. The number of rotatable bonds is 8. The molecule has 0 radical (unpaired) electrons. The predicted molar refractivity (Wildman–Crippen MR) is 160 cm³/mol. The van der Waals surface area contributed by atoms with Crippen molar-refractivity contribution in [1.82, 2.24) is 0 Å². The first-order valence-corrected chi connectivity index (χ1v) is 17.4. The molecule has 1 spiro atoms. The summed E-state index contributed by atoms with van der Waals surface area (Å²) in [7, 11) is -2.56. The summed E-state index contributed by atoms with van der Waals surface area (Å²) in [6, 6.07) is 21.8. The van der Waals surface area contributed by atoms with Crippen molar-refractivity contribution >= 4 is 41.3 Å². The molecule has 5 rings (SSSR count). The molecule has 3 saturated heterocycles. The van der Waals surface area contributed by atoms with E-state index in [1.165, 1.54) is 10.4 Å². The number of hydrogen-bond acceptors (Lipinski definition) is 4. The van der Waals surface area contributed by atoms with Crippen LogP contribution < -0.4 is 10.4 Å². The van der Waals surface area contributed by atoms with E-state index in [-0.39, 0.29) is 34.9 Å². The minimum absolute atomic E-state index is 0.0260. The van der Waals surface area contributed by atoms with Gasteiger partial charge in [0.25, 0.3) is 8.32 Å². The van der Waals surface area contributed by atoms with Gasteiger partial charge in [-0.2, -0.15) is 0 Å². The molecule has 6 heteroatoms. The van der Waals surface area contributed by atoms with Crippen LogP contribution in [0.2, 0.25) is 5.04 Å². The lowest BCUT2D eigenvalue weighted by Gasteiger charge is -2.45. The van der Waals surface area contributed by atoms with E-state index in [9.17, 15) is 0 Å². The number of alkyl halides is 1. The standard InChI is InChI=1S/C31H43IO4Si/c1-23(26-17-12-19-31(34-26)20-18-27(35-31)28-30(5,22-32)36-28)21-33-37(29(2,3)4,24-13-8-6-9-14-24)25-15-10-7-11-16-25/h6-11,13-16,23,26-28H,12,17-22H2,1-5H3/t23-,26-,27-,28-,30+,31-/m0/s1. The van der Waals surface area contributed by atoms with E-state index >= 15 is 0 Å². The normalized spacial score (nSPS) is 33.0. The second kappa shape index (κ2) is 10.7. The summed E-state index contributed by atoms with van der Waals surface area (Å²) in [5.41, 5.74) is -0.0260. The number of ether oxygens (including phenoxy) is 3. The van der Waals surface area contributed by atoms with Gasteiger partial charge < -0.3 is 18.6 Å². The molecule has 3 aliphatic heterocycles. The van der Waals surface area contributed by atoms with Crippen molar-refractivity contribution in [1.29, 1.82) is 0 Å². The predicted octanol–water partition coefficient (Wildman–Crippen LogP) is 6.24. The van der Waals surface area contributed by atoms with Crippen LogP contribution in [0.15, 0.2) is 60.7 Å². The van der Waals surface area contributed by atoms with Gasteiger partial charge in [-0.3, -0.25) is 0 Å². The van der Waals surface area contributed by atoms with Gasteiger partial charge in [0.1, 0.15) is 11.7 Å². The van der Waals surface area contributed by atoms with E-state index in [0.29, 0.717) is 6.61 Å².